The zero-order valence-corrected chi connectivity index (χ0v) is 12.0. The van der Waals surface area contributed by atoms with Gasteiger partial charge in [0.15, 0.2) is 0 Å². The summed E-state index contributed by atoms with van der Waals surface area (Å²) in [7, 11) is 0. The molecule has 0 unspecified atom stereocenters. The van der Waals surface area contributed by atoms with Crippen LogP contribution in [0.3, 0.4) is 0 Å². The van der Waals surface area contributed by atoms with Gasteiger partial charge in [0.25, 0.3) is 5.91 Å². The Balaban J connectivity index is 2.75. The first-order valence-electron chi connectivity index (χ1n) is 6.29. The highest BCUT2D eigenvalue weighted by Gasteiger charge is 2.25. The van der Waals surface area contributed by atoms with Crippen molar-refractivity contribution in [1.82, 2.24) is 20.5 Å². The van der Waals surface area contributed by atoms with Gasteiger partial charge in [-0.25, -0.2) is 9.78 Å². The van der Waals surface area contributed by atoms with Crippen LogP contribution in [0.5, 0.6) is 0 Å². The van der Waals surface area contributed by atoms with E-state index in [4.69, 9.17) is 10.2 Å². The zero-order valence-electron chi connectivity index (χ0n) is 12.0. The summed E-state index contributed by atoms with van der Waals surface area (Å²) >= 11 is 0. The van der Waals surface area contributed by atoms with Gasteiger partial charge in [0.1, 0.15) is 11.9 Å². The molecule has 1 heterocycles. The minimum absolute atomic E-state index is 0.179. The number of nitrogens with one attached hydrogen (secondary N) is 2. The van der Waals surface area contributed by atoms with Crippen LogP contribution in [-0.4, -0.2) is 49.3 Å². The van der Waals surface area contributed by atoms with Crippen LogP contribution < -0.4 is 5.32 Å². The highest BCUT2D eigenvalue weighted by molar-refractivity contribution is 5.93. The van der Waals surface area contributed by atoms with Gasteiger partial charge in [0, 0.05) is 11.8 Å². The molecule has 9 nitrogen and oxygen atoms in total. The molecular weight excluding hydrogens is 280 g/mol. The highest BCUT2D eigenvalue weighted by atomic mass is 16.4. The standard InChI is InChI=1S/C12H18N4O5/c1-12(2,3)11-14-8(15-16-11)9(19)13-6(10(20)21)4-5-7(17)18/h6H,4-5H2,1-3H3,(H,13,19)(H,17,18)(H,20,21)(H,14,15,16)/t6-/m0/s1. The molecule has 0 radical (unpaired) electrons. The maximum absolute atomic E-state index is 11.9. The number of carbonyl (C=O) groups is 3. The van der Waals surface area contributed by atoms with E-state index in [1.807, 2.05) is 20.8 Å². The summed E-state index contributed by atoms with van der Waals surface area (Å²) in [4.78, 5) is 37.3. The van der Waals surface area contributed by atoms with Crippen molar-refractivity contribution in [2.24, 2.45) is 0 Å². The van der Waals surface area contributed by atoms with Crippen LogP contribution >= 0.6 is 0 Å². The average Bonchev–Trinajstić information content (AvgIpc) is 2.82. The number of aromatic amines is 1. The Morgan fingerprint density at radius 2 is 1.90 bits per heavy atom. The van der Waals surface area contributed by atoms with Crippen molar-refractivity contribution in [3.63, 3.8) is 0 Å². The van der Waals surface area contributed by atoms with Crippen LogP contribution in [0.4, 0.5) is 0 Å². The molecule has 0 aliphatic rings. The lowest BCUT2D eigenvalue weighted by molar-refractivity contribution is -0.140. The lowest BCUT2D eigenvalue weighted by Crippen LogP contribution is -2.41. The number of carboxylic acid groups (broad SMARTS) is 2. The second-order valence-corrected chi connectivity index (χ2v) is 5.55. The molecule has 1 amide bonds. The number of carboxylic acids is 2. The van der Waals surface area contributed by atoms with Crippen molar-refractivity contribution in [2.75, 3.05) is 0 Å². The summed E-state index contributed by atoms with van der Waals surface area (Å²) in [6.07, 6.45) is -0.578. The Morgan fingerprint density at radius 1 is 1.29 bits per heavy atom. The quantitative estimate of drug-likeness (QED) is 0.584. The summed E-state index contributed by atoms with van der Waals surface area (Å²) in [5, 5.41) is 26.1. The van der Waals surface area contributed by atoms with Crippen LogP contribution in [0.25, 0.3) is 0 Å². The molecule has 1 aromatic rings. The Bertz CT molecular complexity index is 546. The molecule has 0 fully saturated rings. The van der Waals surface area contributed by atoms with Gasteiger partial charge in [-0.05, 0) is 6.42 Å². The third kappa shape index (κ3) is 4.86. The van der Waals surface area contributed by atoms with Gasteiger partial charge >= 0.3 is 11.9 Å². The molecule has 0 aromatic carbocycles. The molecule has 0 saturated carbocycles. The molecule has 0 spiro atoms. The maximum atomic E-state index is 11.9. The van der Waals surface area contributed by atoms with Crippen molar-refractivity contribution in [1.29, 1.82) is 0 Å². The van der Waals surface area contributed by atoms with E-state index in [9.17, 15) is 14.4 Å². The van der Waals surface area contributed by atoms with Crippen LogP contribution in [0.1, 0.15) is 50.1 Å². The van der Waals surface area contributed by atoms with Gasteiger partial charge in [-0.3, -0.25) is 14.7 Å². The highest BCUT2D eigenvalue weighted by Crippen LogP contribution is 2.17. The van der Waals surface area contributed by atoms with Crippen molar-refractivity contribution in [2.45, 2.75) is 45.1 Å². The second-order valence-electron chi connectivity index (χ2n) is 5.55. The fraction of sp³-hybridized carbons (Fsp3) is 0.583. The van der Waals surface area contributed by atoms with E-state index in [1.54, 1.807) is 0 Å². The zero-order chi connectivity index (χ0) is 16.2. The summed E-state index contributed by atoms with van der Waals surface area (Å²) in [6, 6.07) is -1.30. The number of hydrogen-bond donors (Lipinski definition) is 4. The Kier molecular flexibility index (Phi) is 5.01. The van der Waals surface area contributed by atoms with Crippen molar-refractivity contribution in [3.05, 3.63) is 11.6 Å². The topological polar surface area (TPSA) is 145 Å². The van der Waals surface area contributed by atoms with Crippen LogP contribution in [0.2, 0.25) is 0 Å². The molecule has 0 aliphatic carbocycles. The molecule has 9 heteroatoms. The number of H-pyrrole nitrogens is 1. The number of hydrogen-bond acceptors (Lipinski definition) is 5. The average molecular weight is 298 g/mol. The van der Waals surface area contributed by atoms with Gasteiger partial charge in [-0.15, -0.1) is 5.10 Å². The Hall–Kier alpha value is -2.45. The summed E-state index contributed by atoms with van der Waals surface area (Å²) in [5.41, 5.74) is -0.332. The van der Waals surface area contributed by atoms with Crippen molar-refractivity contribution >= 4 is 17.8 Å². The van der Waals surface area contributed by atoms with Crippen LogP contribution in [0, 0.1) is 0 Å². The fourth-order valence-corrected chi connectivity index (χ4v) is 1.45. The van der Waals surface area contributed by atoms with Crippen molar-refractivity contribution in [3.8, 4) is 0 Å². The third-order valence-electron chi connectivity index (χ3n) is 2.65. The molecule has 1 rings (SSSR count). The third-order valence-corrected chi connectivity index (χ3v) is 2.65. The number of rotatable bonds is 6. The van der Waals surface area contributed by atoms with Crippen molar-refractivity contribution < 1.29 is 24.6 Å². The second kappa shape index (κ2) is 6.33. The molecule has 21 heavy (non-hydrogen) atoms. The van der Waals surface area contributed by atoms with E-state index in [-0.39, 0.29) is 24.1 Å². The molecule has 4 N–H and O–H groups in total. The van der Waals surface area contributed by atoms with E-state index < -0.39 is 23.9 Å². The van der Waals surface area contributed by atoms with E-state index >= 15 is 0 Å². The summed E-state index contributed by atoms with van der Waals surface area (Å²) < 4.78 is 0. The molecule has 1 atom stereocenters. The predicted octanol–water partition coefficient (Wildman–Crippen LogP) is 0.150. The molecule has 0 bridgehead atoms. The smallest absolute Gasteiger partial charge is 0.326 e. The van der Waals surface area contributed by atoms with Gasteiger partial charge in [0.2, 0.25) is 5.82 Å². The largest absolute Gasteiger partial charge is 0.481 e. The number of aliphatic carboxylic acids is 2. The van der Waals surface area contributed by atoms with Gasteiger partial charge in [0.05, 0.1) is 0 Å². The first-order chi connectivity index (χ1) is 9.61. The lowest BCUT2D eigenvalue weighted by atomic mass is 9.96. The Morgan fingerprint density at radius 3 is 2.33 bits per heavy atom. The summed E-state index contributed by atoms with van der Waals surface area (Å²) in [6.45, 7) is 5.63. The van der Waals surface area contributed by atoms with Crippen LogP contribution in [0.15, 0.2) is 0 Å². The Labute approximate surface area is 120 Å². The van der Waals surface area contributed by atoms with Gasteiger partial charge in [-0.1, -0.05) is 20.8 Å². The molecule has 116 valence electrons. The number of aromatic nitrogens is 3. The maximum Gasteiger partial charge on any atom is 0.326 e. The first kappa shape index (κ1) is 16.6. The normalized spacial score (nSPS) is 12.7. The monoisotopic (exact) mass is 298 g/mol. The number of carbonyl (C=O) groups excluding carboxylic acids is 1. The minimum Gasteiger partial charge on any atom is -0.481 e. The van der Waals surface area contributed by atoms with E-state index in [0.717, 1.165) is 0 Å². The van der Waals surface area contributed by atoms with Crippen LogP contribution in [-0.2, 0) is 15.0 Å². The number of amides is 1. The summed E-state index contributed by atoms with van der Waals surface area (Å²) in [5.74, 6) is -2.90. The molecule has 1 aromatic heterocycles. The molecule has 0 saturated heterocycles. The SMILES string of the molecule is CC(C)(C)c1nc(C(=O)N[C@@H](CCC(=O)O)C(=O)O)n[nH]1. The van der Waals surface area contributed by atoms with E-state index in [0.29, 0.717) is 5.82 Å². The lowest BCUT2D eigenvalue weighted by Gasteiger charge is -2.13. The van der Waals surface area contributed by atoms with Gasteiger partial charge in [-0.2, -0.15) is 0 Å². The molecular formula is C12H18N4O5. The number of nitrogens with zero attached hydrogens (tertiary/aromatic N) is 2. The van der Waals surface area contributed by atoms with E-state index in [2.05, 4.69) is 20.5 Å². The fourth-order valence-electron chi connectivity index (χ4n) is 1.45. The van der Waals surface area contributed by atoms with E-state index in [1.165, 1.54) is 0 Å². The predicted molar refractivity (Wildman–Crippen MR) is 70.8 cm³/mol. The molecule has 0 aliphatic heterocycles. The minimum atomic E-state index is -1.31. The van der Waals surface area contributed by atoms with Gasteiger partial charge < -0.3 is 15.5 Å². The first-order valence-corrected chi connectivity index (χ1v) is 6.29.